The Bertz CT molecular complexity index is 1110. The molecule has 0 aromatic heterocycles. The van der Waals surface area contributed by atoms with Gasteiger partial charge in [-0.05, 0) is 18.1 Å². The molecule has 0 aliphatic carbocycles. The second-order valence-corrected chi connectivity index (χ2v) is 9.20. The molecule has 2 heterocycles. The lowest BCUT2D eigenvalue weighted by molar-refractivity contribution is -0.122. The highest BCUT2D eigenvalue weighted by atomic mass is 32.2. The Labute approximate surface area is 196 Å². The average molecular weight is 466 g/mol. The summed E-state index contributed by atoms with van der Waals surface area (Å²) in [4.78, 5) is 42.4. The van der Waals surface area contributed by atoms with Crippen LogP contribution in [-0.2, 0) is 20.9 Å². The van der Waals surface area contributed by atoms with Crippen molar-refractivity contribution in [3.8, 4) is 0 Å². The first-order valence-corrected chi connectivity index (χ1v) is 11.7. The van der Waals surface area contributed by atoms with Crippen LogP contribution >= 0.6 is 24.0 Å². The fraction of sp³-hybridized carbons (Fsp3) is 0.250. The molecule has 0 spiro atoms. The molecule has 32 heavy (non-hydrogen) atoms. The minimum Gasteiger partial charge on any atom is -0.350 e. The molecule has 2 aliphatic heterocycles. The number of para-hydroxylation sites is 1. The third kappa shape index (κ3) is 4.33. The lowest BCUT2D eigenvalue weighted by atomic mass is 10.1. The molecule has 0 atom stereocenters. The molecule has 8 heteroatoms. The van der Waals surface area contributed by atoms with E-state index in [2.05, 4.69) is 5.32 Å². The van der Waals surface area contributed by atoms with Crippen molar-refractivity contribution in [1.29, 1.82) is 0 Å². The molecule has 0 saturated carbocycles. The quantitative estimate of drug-likeness (QED) is 0.499. The first kappa shape index (κ1) is 22.2. The lowest BCUT2D eigenvalue weighted by Crippen LogP contribution is -2.38. The van der Waals surface area contributed by atoms with Crippen LogP contribution in [0.1, 0.15) is 30.9 Å². The van der Waals surface area contributed by atoms with Gasteiger partial charge in [0.05, 0.1) is 16.2 Å². The third-order valence-electron chi connectivity index (χ3n) is 5.37. The van der Waals surface area contributed by atoms with Crippen LogP contribution in [0.15, 0.2) is 59.5 Å². The van der Waals surface area contributed by atoms with Crippen molar-refractivity contribution in [2.75, 3.05) is 18.0 Å². The Morgan fingerprint density at radius 3 is 2.47 bits per heavy atom. The topological polar surface area (TPSA) is 69.7 Å². The summed E-state index contributed by atoms with van der Waals surface area (Å²) in [5.41, 5.74) is 2.59. The second kappa shape index (κ2) is 9.67. The van der Waals surface area contributed by atoms with Crippen LogP contribution in [0.3, 0.4) is 0 Å². The van der Waals surface area contributed by atoms with Crippen LogP contribution in [0.4, 0.5) is 5.69 Å². The van der Waals surface area contributed by atoms with Gasteiger partial charge in [0.2, 0.25) is 5.91 Å². The number of rotatable bonds is 7. The maximum Gasteiger partial charge on any atom is 0.267 e. The van der Waals surface area contributed by atoms with Crippen molar-refractivity contribution in [2.45, 2.75) is 26.3 Å². The molecule has 3 amide bonds. The predicted octanol–water partition coefficient (Wildman–Crippen LogP) is 3.72. The number of hydrogen-bond acceptors (Lipinski definition) is 5. The van der Waals surface area contributed by atoms with Crippen LogP contribution in [0, 0.1) is 0 Å². The van der Waals surface area contributed by atoms with Crippen molar-refractivity contribution >= 4 is 57.3 Å². The van der Waals surface area contributed by atoms with E-state index in [4.69, 9.17) is 12.2 Å². The zero-order chi connectivity index (χ0) is 22.7. The van der Waals surface area contributed by atoms with Crippen LogP contribution in [0.2, 0.25) is 0 Å². The van der Waals surface area contributed by atoms with Crippen molar-refractivity contribution < 1.29 is 14.4 Å². The summed E-state index contributed by atoms with van der Waals surface area (Å²) in [6.45, 7) is 2.85. The molecule has 0 unspecified atom stereocenters. The maximum absolute atomic E-state index is 13.4. The molecule has 4 rings (SSSR count). The number of benzene rings is 2. The van der Waals surface area contributed by atoms with Gasteiger partial charge in [-0.3, -0.25) is 24.2 Å². The van der Waals surface area contributed by atoms with Gasteiger partial charge in [0.15, 0.2) is 0 Å². The largest absolute Gasteiger partial charge is 0.350 e. The van der Waals surface area contributed by atoms with E-state index >= 15 is 0 Å². The van der Waals surface area contributed by atoms with Gasteiger partial charge in [-0.25, -0.2) is 0 Å². The van der Waals surface area contributed by atoms with Gasteiger partial charge in [0.1, 0.15) is 10.9 Å². The maximum atomic E-state index is 13.4. The van der Waals surface area contributed by atoms with Gasteiger partial charge < -0.3 is 5.32 Å². The number of thioether (sulfide) groups is 1. The molecule has 2 aliphatic rings. The van der Waals surface area contributed by atoms with Gasteiger partial charge in [-0.1, -0.05) is 85.9 Å². The van der Waals surface area contributed by atoms with E-state index in [-0.39, 0.29) is 24.3 Å². The fourth-order valence-electron chi connectivity index (χ4n) is 3.71. The van der Waals surface area contributed by atoms with Gasteiger partial charge in [-0.15, -0.1) is 0 Å². The highest BCUT2D eigenvalue weighted by Gasteiger charge is 2.42. The number of thiocarbonyl (C=S) groups is 1. The normalized spacial score (nSPS) is 17.8. The third-order valence-corrected chi connectivity index (χ3v) is 6.82. The predicted molar refractivity (Wildman–Crippen MR) is 131 cm³/mol. The summed E-state index contributed by atoms with van der Waals surface area (Å²) in [6, 6.07) is 16.8. The molecule has 6 nitrogen and oxygen atoms in total. The Morgan fingerprint density at radius 1 is 1.00 bits per heavy atom. The monoisotopic (exact) mass is 465 g/mol. The lowest BCUT2D eigenvalue weighted by Gasteiger charge is -2.17. The standard InChI is InChI=1S/C24H23N3O3S2/c1-2-3-13-26-23(30)21(32-24(26)31)20-17-11-7-8-12-18(17)27(22(20)29)15-19(28)25-14-16-9-5-4-6-10-16/h4-12H,2-3,13-15H2,1H3,(H,25,28)/b21-20-. The van der Waals surface area contributed by atoms with Gasteiger partial charge >= 0.3 is 0 Å². The molecule has 1 saturated heterocycles. The van der Waals surface area contributed by atoms with Crippen LogP contribution in [0.5, 0.6) is 0 Å². The Kier molecular flexibility index (Phi) is 6.72. The Hall–Kier alpha value is -2.97. The van der Waals surface area contributed by atoms with Crippen molar-refractivity contribution in [2.24, 2.45) is 0 Å². The number of nitrogens with zero attached hydrogens (tertiary/aromatic N) is 2. The average Bonchev–Trinajstić information content (AvgIpc) is 3.23. The number of unbranched alkanes of at least 4 members (excludes halogenated alkanes) is 1. The van der Waals surface area contributed by atoms with Gasteiger partial charge in [-0.2, -0.15) is 0 Å². The van der Waals surface area contributed by atoms with Crippen molar-refractivity contribution in [1.82, 2.24) is 10.2 Å². The number of anilines is 1. The number of fused-ring (bicyclic) bond motifs is 1. The number of carbonyl (C=O) groups excluding carboxylic acids is 3. The van der Waals surface area contributed by atoms with E-state index in [9.17, 15) is 14.4 Å². The Morgan fingerprint density at radius 2 is 1.72 bits per heavy atom. The fourth-order valence-corrected chi connectivity index (χ4v) is 5.09. The molecular formula is C24H23N3O3S2. The summed E-state index contributed by atoms with van der Waals surface area (Å²) in [5.74, 6) is -0.854. The van der Waals surface area contributed by atoms with Crippen LogP contribution in [0.25, 0.3) is 5.57 Å². The smallest absolute Gasteiger partial charge is 0.267 e. The minimum absolute atomic E-state index is 0.123. The van der Waals surface area contributed by atoms with Crippen LogP contribution < -0.4 is 10.2 Å². The summed E-state index contributed by atoms with van der Waals surface area (Å²) in [5, 5.41) is 2.86. The van der Waals surface area contributed by atoms with Gasteiger partial charge in [0, 0.05) is 18.7 Å². The first-order chi connectivity index (χ1) is 15.5. The van der Waals surface area contributed by atoms with E-state index in [1.165, 1.54) is 4.90 Å². The zero-order valence-corrected chi connectivity index (χ0v) is 19.3. The number of hydrogen-bond donors (Lipinski definition) is 1. The molecule has 0 radical (unpaired) electrons. The van der Waals surface area contributed by atoms with E-state index in [1.807, 2.05) is 55.5 Å². The SMILES string of the molecule is CCCCN1C(=O)/C(=C2/C(=O)N(CC(=O)NCc3ccccc3)c3ccccc32)SC1=S. The highest BCUT2D eigenvalue weighted by Crippen LogP contribution is 2.44. The summed E-state index contributed by atoms with van der Waals surface area (Å²) < 4.78 is 0.468. The summed E-state index contributed by atoms with van der Waals surface area (Å²) >= 11 is 6.57. The van der Waals surface area contributed by atoms with Crippen molar-refractivity contribution in [3.63, 3.8) is 0 Å². The van der Waals surface area contributed by atoms with E-state index in [0.717, 1.165) is 30.2 Å². The molecule has 0 bridgehead atoms. The highest BCUT2D eigenvalue weighted by molar-refractivity contribution is 8.26. The molecule has 2 aromatic rings. The second-order valence-electron chi connectivity index (χ2n) is 7.55. The molecule has 164 valence electrons. The van der Waals surface area contributed by atoms with Crippen LogP contribution in [-0.4, -0.2) is 40.0 Å². The van der Waals surface area contributed by atoms with E-state index in [0.29, 0.717) is 39.1 Å². The number of nitrogens with one attached hydrogen (secondary N) is 1. The first-order valence-electron chi connectivity index (χ1n) is 10.5. The Balaban J connectivity index is 1.57. The van der Waals surface area contributed by atoms with Crippen molar-refractivity contribution in [3.05, 3.63) is 70.6 Å². The molecule has 2 aromatic carbocycles. The van der Waals surface area contributed by atoms with E-state index in [1.54, 1.807) is 11.0 Å². The molecular weight excluding hydrogens is 442 g/mol. The minimum atomic E-state index is -0.350. The number of amides is 3. The zero-order valence-electron chi connectivity index (χ0n) is 17.7. The molecule has 1 N–H and O–H groups in total. The number of carbonyl (C=O) groups is 3. The van der Waals surface area contributed by atoms with Gasteiger partial charge in [0.25, 0.3) is 11.8 Å². The molecule has 1 fully saturated rings. The summed E-state index contributed by atoms with van der Waals surface area (Å²) in [6.07, 6.45) is 1.78. The summed E-state index contributed by atoms with van der Waals surface area (Å²) in [7, 11) is 0. The van der Waals surface area contributed by atoms with E-state index < -0.39 is 0 Å².